The molecule has 0 saturated carbocycles. The summed E-state index contributed by atoms with van der Waals surface area (Å²) in [7, 11) is 1.71. The van der Waals surface area contributed by atoms with Crippen molar-refractivity contribution in [2.45, 2.75) is 6.92 Å². The Balaban J connectivity index is 2.12. The molecule has 0 amide bonds. The molecule has 0 N–H and O–H groups in total. The molecule has 2 heterocycles. The fourth-order valence-corrected chi connectivity index (χ4v) is 1.71. The van der Waals surface area contributed by atoms with E-state index in [-0.39, 0.29) is 12.6 Å². The van der Waals surface area contributed by atoms with Crippen LogP contribution in [0.3, 0.4) is 0 Å². The Morgan fingerprint density at radius 3 is 2.95 bits per heavy atom. The van der Waals surface area contributed by atoms with Gasteiger partial charge in [0, 0.05) is 25.0 Å². The van der Waals surface area contributed by atoms with E-state index in [1.165, 1.54) is 10.9 Å². The molecular formula is C12H13ClN4O3. The van der Waals surface area contributed by atoms with Crippen LogP contribution < -0.4 is 4.74 Å². The Hall–Kier alpha value is -2.15. The van der Waals surface area contributed by atoms with Gasteiger partial charge in [-0.25, -0.2) is 9.48 Å². The number of aryl methyl sites for hydroxylation is 1. The first kappa shape index (κ1) is 14.3. The number of aromatic nitrogens is 4. The monoisotopic (exact) mass is 296 g/mol. The van der Waals surface area contributed by atoms with Crippen LogP contribution in [0.5, 0.6) is 6.01 Å². The van der Waals surface area contributed by atoms with E-state index >= 15 is 0 Å². The van der Waals surface area contributed by atoms with Gasteiger partial charge in [-0.2, -0.15) is 4.98 Å². The lowest BCUT2D eigenvalue weighted by molar-refractivity contribution is -0.145. The molecule has 0 aliphatic heterocycles. The largest absolute Gasteiger partial charge is 0.463 e. The van der Waals surface area contributed by atoms with E-state index in [0.29, 0.717) is 23.0 Å². The van der Waals surface area contributed by atoms with Gasteiger partial charge in [0.2, 0.25) is 0 Å². The second kappa shape index (κ2) is 6.33. The van der Waals surface area contributed by atoms with Gasteiger partial charge in [-0.15, -0.1) is 5.10 Å². The molecule has 7 nitrogen and oxygen atoms in total. The van der Waals surface area contributed by atoms with Crippen LogP contribution in [-0.2, 0) is 16.6 Å². The summed E-state index contributed by atoms with van der Waals surface area (Å²) >= 11 is 5.88. The van der Waals surface area contributed by atoms with Crippen LogP contribution in [0.2, 0.25) is 5.02 Å². The van der Waals surface area contributed by atoms with Gasteiger partial charge in [0.15, 0.2) is 12.4 Å². The Morgan fingerprint density at radius 2 is 2.25 bits per heavy atom. The molecule has 8 heteroatoms. The average molecular weight is 297 g/mol. The maximum atomic E-state index is 11.2. The standard InChI is InChI=1S/C12H13ClN4O3/c1-3-19-10(18)7-20-12-15-11(17(2)16-12)8-4-9(13)6-14-5-8/h4-6H,3,7H2,1-2H3. The molecule has 20 heavy (non-hydrogen) atoms. The minimum absolute atomic E-state index is 0.0931. The number of carbonyl (C=O) groups excluding carboxylic acids is 1. The zero-order chi connectivity index (χ0) is 14.5. The fourth-order valence-electron chi connectivity index (χ4n) is 1.53. The number of esters is 1. The van der Waals surface area contributed by atoms with Crippen molar-refractivity contribution < 1.29 is 14.3 Å². The van der Waals surface area contributed by atoms with Crippen molar-refractivity contribution in [3.8, 4) is 17.4 Å². The molecule has 0 radical (unpaired) electrons. The lowest BCUT2D eigenvalue weighted by atomic mass is 10.3. The maximum Gasteiger partial charge on any atom is 0.344 e. The summed E-state index contributed by atoms with van der Waals surface area (Å²) in [5.41, 5.74) is 0.707. The van der Waals surface area contributed by atoms with E-state index in [9.17, 15) is 4.79 Å². The van der Waals surface area contributed by atoms with Crippen LogP contribution in [0.25, 0.3) is 11.4 Å². The number of pyridine rings is 1. The number of carbonyl (C=O) groups is 1. The van der Waals surface area contributed by atoms with Gasteiger partial charge in [-0.1, -0.05) is 11.6 Å². The first-order valence-electron chi connectivity index (χ1n) is 5.90. The summed E-state index contributed by atoms with van der Waals surface area (Å²) in [6, 6.07) is 1.81. The number of hydrogen-bond acceptors (Lipinski definition) is 6. The highest BCUT2D eigenvalue weighted by Crippen LogP contribution is 2.20. The maximum absolute atomic E-state index is 11.2. The second-order valence-electron chi connectivity index (χ2n) is 3.83. The molecule has 0 unspecified atom stereocenters. The molecule has 2 rings (SSSR count). The van der Waals surface area contributed by atoms with E-state index in [2.05, 4.69) is 15.1 Å². The van der Waals surface area contributed by atoms with Gasteiger partial charge in [-0.3, -0.25) is 4.98 Å². The first-order chi connectivity index (χ1) is 9.60. The van der Waals surface area contributed by atoms with Gasteiger partial charge < -0.3 is 9.47 Å². The summed E-state index contributed by atoms with van der Waals surface area (Å²) in [6.07, 6.45) is 3.14. The van der Waals surface area contributed by atoms with Gasteiger partial charge in [0.1, 0.15) is 0 Å². The summed E-state index contributed by atoms with van der Waals surface area (Å²) < 4.78 is 11.4. The van der Waals surface area contributed by atoms with Gasteiger partial charge in [0.05, 0.1) is 11.6 Å². The minimum Gasteiger partial charge on any atom is -0.463 e. The van der Waals surface area contributed by atoms with Crippen molar-refractivity contribution in [1.29, 1.82) is 0 Å². The predicted octanol–water partition coefficient (Wildman–Crippen LogP) is 1.47. The predicted molar refractivity (Wildman–Crippen MR) is 71.4 cm³/mol. The summed E-state index contributed by atoms with van der Waals surface area (Å²) in [5.74, 6) is 0.0739. The smallest absolute Gasteiger partial charge is 0.344 e. The lowest BCUT2D eigenvalue weighted by Gasteiger charge is -2.00. The molecule has 2 aromatic heterocycles. The van der Waals surface area contributed by atoms with Crippen molar-refractivity contribution in [2.75, 3.05) is 13.2 Å². The SMILES string of the molecule is CCOC(=O)COc1nc(-c2cncc(Cl)c2)n(C)n1. The number of rotatable bonds is 5. The van der Waals surface area contributed by atoms with Crippen LogP contribution in [0.15, 0.2) is 18.5 Å². The molecule has 106 valence electrons. The molecule has 0 aliphatic rings. The highest BCUT2D eigenvalue weighted by atomic mass is 35.5. The Kier molecular flexibility index (Phi) is 4.52. The average Bonchev–Trinajstić information content (AvgIpc) is 2.78. The van der Waals surface area contributed by atoms with Crippen LogP contribution in [0, 0.1) is 0 Å². The van der Waals surface area contributed by atoms with E-state index in [1.54, 1.807) is 26.2 Å². The van der Waals surface area contributed by atoms with Crippen molar-refractivity contribution in [2.24, 2.45) is 7.05 Å². The number of halogens is 1. The summed E-state index contributed by atoms with van der Waals surface area (Å²) in [4.78, 5) is 19.3. The highest BCUT2D eigenvalue weighted by molar-refractivity contribution is 6.30. The van der Waals surface area contributed by atoms with Crippen LogP contribution in [0.1, 0.15) is 6.92 Å². The van der Waals surface area contributed by atoms with E-state index < -0.39 is 5.97 Å². The molecule has 0 fully saturated rings. The molecule has 2 aromatic rings. The van der Waals surface area contributed by atoms with Gasteiger partial charge >= 0.3 is 12.0 Å². The third-order valence-electron chi connectivity index (χ3n) is 2.33. The zero-order valence-corrected chi connectivity index (χ0v) is 11.8. The van der Waals surface area contributed by atoms with Crippen LogP contribution >= 0.6 is 11.6 Å². The molecule has 0 saturated heterocycles. The third-order valence-corrected chi connectivity index (χ3v) is 2.54. The van der Waals surface area contributed by atoms with Crippen LogP contribution in [-0.4, -0.2) is 38.9 Å². The number of ether oxygens (including phenoxy) is 2. The summed E-state index contributed by atoms with van der Waals surface area (Å²) in [5, 5.41) is 4.55. The molecular weight excluding hydrogens is 284 g/mol. The van der Waals surface area contributed by atoms with E-state index in [1.807, 2.05) is 0 Å². The normalized spacial score (nSPS) is 10.3. The van der Waals surface area contributed by atoms with Crippen molar-refractivity contribution >= 4 is 17.6 Å². The molecule has 0 bridgehead atoms. The number of hydrogen-bond donors (Lipinski definition) is 0. The zero-order valence-electron chi connectivity index (χ0n) is 11.0. The first-order valence-corrected chi connectivity index (χ1v) is 6.28. The van der Waals surface area contributed by atoms with Gasteiger partial charge in [0.25, 0.3) is 0 Å². The Bertz CT molecular complexity index is 614. The quantitative estimate of drug-likeness (QED) is 0.778. The fraction of sp³-hybridized carbons (Fsp3) is 0.333. The van der Waals surface area contributed by atoms with Crippen molar-refractivity contribution in [3.63, 3.8) is 0 Å². The molecule has 0 atom stereocenters. The molecule has 0 spiro atoms. The molecule has 0 aliphatic carbocycles. The third kappa shape index (κ3) is 3.45. The van der Waals surface area contributed by atoms with Crippen molar-refractivity contribution in [3.05, 3.63) is 23.5 Å². The van der Waals surface area contributed by atoms with Crippen molar-refractivity contribution in [1.82, 2.24) is 19.7 Å². The number of nitrogens with zero attached hydrogens (tertiary/aromatic N) is 4. The highest BCUT2D eigenvalue weighted by Gasteiger charge is 2.12. The van der Waals surface area contributed by atoms with Gasteiger partial charge in [-0.05, 0) is 13.0 Å². The lowest BCUT2D eigenvalue weighted by Crippen LogP contribution is -2.15. The summed E-state index contributed by atoms with van der Waals surface area (Å²) in [6.45, 7) is 1.80. The van der Waals surface area contributed by atoms with Crippen LogP contribution in [0.4, 0.5) is 0 Å². The van der Waals surface area contributed by atoms with E-state index in [4.69, 9.17) is 21.1 Å². The molecule has 0 aromatic carbocycles. The Morgan fingerprint density at radius 1 is 1.45 bits per heavy atom. The van der Waals surface area contributed by atoms with E-state index in [0.717, 1.165) is 0 Å². The minimum atomic E-state index is -0.467. The Labute approximate surface area is 120 Å². The second-order valence-corrected chi connectivity index (χ2v) is 4.26. The topological polar surface area (TPSA) is 79.1 Å².